The molecule has 1 saturated heterocycles. The molecule has 4 nitrogen and oxygen atoms in total. The number of thiophene rings is 1. The van der Waals surface area contributed by atoms with Crippen LogP contribution in [0.5, 0.6) is 11.5 Å². The molecule has 1 atom stereocenters. The monoisotopic (exact) mass is 345 g/mol. The molecule has 3 rings (SSSR count). The van der Waals surface area contributed by atoms with Crippen molar-refractivity contribution < 1.29 is 14.3 Å². The summed E-state index contributed by atoms with van der Waals surface area (Å²) in [5.41, 5.74) is 1.01. The Morgan fingerprint density at radius 2 is 2.12 bits per heavy atom. The van der Waals surface area contributed by atoms with Gasteiger partial charge in [-0.25, -0.2) is 0 Å². The molecule has 1 aliphatic heterocycles. The fraction of sp³-hybridized carbons (Fsp3) is 0.421. The Morgan fingerprint density at radius 1 is 1.25 bits per heavy atom. The maximum Gasteiger partial charge on any atom is 0.223 e. The first-order valence-electron chi connectivity index (χ1n) is 8.27. The van der Waals surface area contributed by atoms with Gasteiger partial charge in [-0.2, -0.15) is 0 Å². The molecule has 128 valence electrons. The maximum atomic E-state index is 12.7. The van der Waals surface area contributed by atoms with Crippen LogP contribution in [-0.4, -0.2) is 31.6 Å². The van der Waals surface area contributed by atoms with Crippen LogP contribution in [0.3, 0.4) is 0 Å². The first-order chi connectivity index (χ1) is 11.7. The van der Waals surface area contributed by atoms with Crippen LogP contribution in [-0.2, 0) is 11.2 Å². The van der Waals surface area contributed by atoms with E-state index < -0.39 is 0 Å². The highest BCUT2D eigenvalue weighted by Crippen LogP contribution is 2.36. The summed E-state index contributed by atoms with van der Waals surface area (Å²) in [4.78, 5) is 16.1. The van der Waals surface area contributed by atoms with Gasteiger partial charge in [-0.3, -0.25) is 4.79 Å². The Balaban J connectivity index is 1.68. The first-order valence-corrected chi connectivity index (χ1v) is 9.15. The van der Waals surface area contributed by atoms with Gasteiger partial charge in [-0.15, -0.1) is 11.3 Å². The highest BCUT2D eigenvalue weighted by molar-refractivity contribution is 7.10. The summed E-state index contributed by atoms with van der Waals surface area (Å²) in [5, 5.41) is 2.08. The van der Waals surface area contributed by atoms with Crippen LogP contribution in [0.25, 0.3) is 0 Å². The number of hydrogen-bond donors (Lipinski definition) is 0. The van der Waals surface area contributed by atoms with Gasteiger partial charge in [0.05, 0.1) is 20.3 Å². The number of para-hydroxylation sites is 1. The minimum atomic E-state index is 0.218. The zero-order valence-corrected chi connectivity index (χ0v) is 15.0. The van der Waals surface area contributed by atoms with Gasteiger partial charge in [0, 0.05) is 17.8 Å². The molecule has 2 aromatic rings. The van der Waals surface area contributed by atoms with Crippen LogP contribution in [0.1, 0.15) is 35.7 Å². The molecule has 0 radical (unpaired) electrons. The van der Waals surface area contributed by atoms with Gasteiger partial charge in [0.1, 0.15) is 0 Å². The Bertz CT molecular complexity index is 684. The van der Waals surface area contributed by atoms with E-state index in [1.54, 1.807) is 25.6 Å². The van der Waals surface area contributed by atoms with Crippen LogP contribution < -0.4 is 9.47 Å². The Hall–Kier alpha value is -2.01. The van der Waals surface area contributed by atoms with E-state index in [9.17, 15) is 4.79 Å². The quantitative estimate of drug-likeness (QED) is 0.792. The minimum absolute atomic E-state index is 0.218. The molecule has 0 aliphatic carbocycles. The first kappa shape index (κ1) is 16.8. The number of amides is 1. The van der Waals surface area contributed by atoms with E-state index in [2.05, 4.69) is 17.5 Å². The number of nitrogens with zero attached hydrogens (tertiary/aromatic N) is 1. The molecule has 0 saturated carbocycles. The SMILES string of the molecule is COc1cccc(CCC(=O)N2CCC[C@@H]2c2cccs2)c1OC. The van der Waals surface area contributed by atoms with Crippen molar-refractivity contribution in [3.8, 4) is 11.5 Å². The second-order valence-corrected chi connectivity index (χ2v) is 6.89. The van der Waals surface area contributed by atoms with E-state index in [0.29, 0.717) is 18.6 Å². The number of hydrogen-bond acceptors (Lipinski definition) is 4. The highest BCUT2D eigenvalue weighted by Gasteiger charge is 2.30. The largest absolute Gasteiger partial charge is 0.493 e. The molecule has 1 amide bonds. The maximum absolute atomic E-state index is 12.7. The number of methoxy groups -OCH3 is 2. The molecular formula is C19H23NO3S. The summed E-state index contributed by atoms with van der Waals surface area (Å²) >= 11 is 1.74. The lowest BCUT2D eigenvalue weighted by molar-refractivity contribution is -0.132. The third kappa shape index (κ3) is 3.41. The summed E-state index contributed by atoms with van der Waals surface area (Å²) in [7, 11) is 3.26. The van der Waals surface area contributed by atoms with Gasteiger partial charge in [0.25, 0.3) is 0 Å². The van der Waals surface area contributed by atoms with Crippen LogP contribution in [0.15, 0.2) is 35.7 Å². The smallest absolute Gasteiger partial charge is 0.223 e. The second-order valence-electron chi connectivity index (χ2n) is 5.91. The van der Waals surface area contributed by atoms with Crippen LogP contribution in [0, 0.1) is 0 Å². The van der Waals surface area contributed by atoms with Crippen molar-refractivity contribution in [2.75, 3.05) is 20.8 Å². The average molecular weight is 345 g/mol. The van der Waals surface area contributed by atoms with Crippen LogP contribution in [0.4, 0.5) is 0 Å². The van der Waals surface area contributed by atoms with Gasteiger partial charge < -0.3 is 14.4 Å². The molecule has 5 heteroatoms. The molecule has 2 heterocycles. The van der Waals surface area contributed by atoms with E-state index in [1.165, 1.54) is 4.88 Å². The van der Waals surface area contributed by atoms with Crippen molar-refractivity contribution in [2.45, 2.75) is 31.7 Å². The number of rotatable bonds is 6. The molecule has 0 spiro atoms. The summed E-state index contributed by atoms with van der Waals surface area (Å²) < 4.78 is 10.8. The molecule has 1 aromatic heterocycles. The molecule has 1 fully saturated rings. The molecule has 24 heavy (non-hydrogen) atoms. The number of benzene rings is 1. The van der Waals surface area contributed by atoms with Gasteiger partial charge in [0.2, 0.25) is 5.91 Å². The fourth-order valence-electron chi connectivity index (χ4n) is 3.38. The molecule has 0 N–H and O–H groups in total. The second kappa shape index (κ2) is 7.71. The van der Waals surface area contributed by atoms with E-state index in [4.69, 9.17) is 9.47 Å². The number of carbonyl (C=O) groups is 1. The van der Waals surface area contributed by atoms with Crippen molar-refractivity contribution in [1.82, 2.24) is 4.90 Å². The minimum Gasteiger partial charge on any atom is -0.493 e. The molecule has 1 aromatic carbocycles. The lowest BCUT2D eigenvalue weighted by Gasteiger charge is -2.24. The predicted octanol–water partition coefficient (Wildman–Crippen LogP) is 4.06. The highest BCUT2D eigenvalue weighted by atomic mass is 32.1. The van der Waals surface area contributed by atoms with Gasteiger partial charge in [-0.05, 0) is 42.3 Å². The molecule has 0 unspecified atom stereocenters. The van der Waals surface area contributed by atoms with Gasteiger partial charge in [0.15, 0.2) is 11.5 Å². The number of ether oxygens (including phenoxy) is 2. The summed E-state index contributed by atoms with van der Waals surface area (Å²) in [6.07, 6.45) is 3.30. The summed E-state index contributed by atoms with van der Waals surface area (Å²) in [6, 6.07) is 10.2. The zero-order chi connectivity index (χ0) is 16.9. The van der Waals surface area contributed by atoms with E-state index in [1.807, 2.05) is 23.1 Å². The van der Waals surface area contributed by atoms with Gasteiger partial charge in [-0.1, -0.05) is 18.2 Å². The predicted molar refractivity (Wildman–Crippen MR) is 95.9 cm³/mol. The number of aryl methyl sites for hydroxylation is 1. The normalized spacial score (nSPS) is 17.1. The Labute approximate surface area is 147 Å². The third-order valence-corrected chi connectivity index (χ3v) is 5.51. The van der Waals surface area contributed by atoms with E-state index >= 15 is 0 Å². The van der Waals surface area contributed by atoms with Crippen molar-refractivity contribution in [3.05, 3.63) is 46.2 Å². The summed E-state index contributed by atoms with van der Waals surface area (Å²) in [5.74, 6) is 1.65. The Kier molecular flexibility index (Phi) is 5.41. The zero-order valence-electron chi connectivity index (χ0n) is 14.2. The summed E-state index contributed by atoms with van der Waals surface area (Å²) in [6.45, 7) is 0.858. The van der Waals surface area contributed by atoms with E-state index in [0.717, 1.165) is 30.7 Å². The van der Waals surface area contributed by atoms with Crippen LogP contribution in [0.2, 0.25) is 0 Å². The van der Waals surface area contributed by atoms with Crippen molar-refractivity contribution >= 4 is 17.2 Å². The van der Waals surface area contributed by atoms with Crippen molar-refractivity contribution in [2.24, 2.45) is 0 Å². The van der Waals surface area contributed by atoms with Gasteiger partial charge >= 0.3 is 0 Å². The third-order valence-electron chi connectivity index (χ3n) is 4.54. The number of carbonyl (C=O) groups excluding carboxylic acids is 1. The molecule has 0 bridgehead atoms. The standard InChI is InChI=1S/C19H23NO3S/c1-22-16-8-3-6-14(19(16)23-2)10-11-18(21)20-12-4-7-15(20)17-9-5-13-24-17/h3,5-6,8-9,13,15H,4,7,10-12H2,1-2H3/t15-/m1/s1. The lowest BCUT2D eigenvalue weighted by Crippen LogP contribution is -2.30. The van der Waals surface area contributed by atoms with Crippen molar-refractivity contribution in [3.63, 3.8) is 0 Å². The fourth-order valence-corrected chi connectivity index (χ4v) is 4.25. The Morgan fingerprint density at radius 3 is 2.83 bits per heavy atom. The lowest BCUT2D eigenvalue weighted by atomic mass is 10.1. The van der Waals surface area contributed by atoms with Crippen molar-refractivity contribution in [1.29, 1.82) is 0 Å². The number of likely N-dealkylation sites (tertiary alicyclic amines) is 1. The van der Waals surface area contributed by atoms with Crippen LogP contribution >= 0.6 is 11.3 Å². The molecule has 1 aliphatic rings. The van der Waals surface area contributed by atoms with E-state index in [-0.39, 0.29) is 11.9 Å². The topological polar surface area (TPSA) is 38.8 Å². The molecular weight excluding hydrogens is 322 g/mol. The average Bonchev–Trinajstić information content (AvgIpc) is 3.29.